The molecule has 3 rings (SSSR count). The summed E-state index contributed by atoms with van der Waals surface area (Å²) < 4.78 is 6.74. The van der Waals surface area contributed by atoms with Gasteiger partial charge in [-0.15, -0.1) is 0 Å². The fraction of sp³-hybridized carbons (Fsp3) is 0.529. The molecule has 0 bridgehead atoms. The van der Waals surface area contributed by atoms with Gasteiger partial charge in [-0.05, 0) is 30.4 Å². The van der Waals surface area contributed by atoms with E-state index in [1.54, 1.807) is 10.6 Å². The first-order valence-corrected chi connectivity index (χ1v) is 7.90. The summed E-state index contributed by atoms with van der Waals surface area (Å²) >= 11 is 0. The summed E-state index contributed by atoms with van der Waals surface area (Å²) in [4.78, 5) is 26.3. The van der Waals surface area contributed by atoms with E-state index in [0.717, 1.165) is 18.6 Å². The molecule has 0 spiro atoms. The number of benzene rings is 1. The smallest absolute Gasteiger partial charge is 0.408 e. The Morgan fingerprint density at radius 3 is 2.64 bits per heavy atom. The largest absolute Gasteiger partial charge is 0.419 e. The Hall–Kier alpha value is -2.04. The van der Waals surface area contributed by atoms with Crippen molar-refractivity contribution < 1.29 is 9.21 Å². The highest BCUT2D eigenvalue weighted by Crippen LogP contribution is 2.21. The zero-order valence-electron chi connectivity index (χ0n) is 13.1. The molecule has 0 saturated carbocycles. The zero-order valence-corrected chi connectivity index (χ0v) is 13.1. The number of hydrogen-bond donors (Lipinski definition) is 0. The van der Waals surface area contributed by atoms with E-state index in [4.69, 9.17) is 4.42 Å². The molecule has 2 heterocycles. The molecule has 2 unspecified atom stereocenters. The Bertz CT molecular complexity index is 721. The number of aromatic nitrogens is 1. The molecule has 2 aromatic rings. The van der Waals surface area contributed by atoms with Crippen molar-refractivity contribution in [2.45, 2.75) is 33.2 Å². The van der Waals surface area contributed by atoms with E-state index in [2.05, 4.69) is 13.8 Å². The molecule has 1 saturated heterocycles. The van der Waals surface area contributed by atoms with Gasteiger partial charge in [-0.3, -0.25) is 9.36 Å². The van der Waals surface area contributed by atoms with Crippen LogP contribution in [0.4, 0.5) is 0 Å². The molecule has 0 N–H and O–H groups in total. The lowest BCUT2D eigenvalue weighted by Gasteiger charge is -2.35. The van der Waals surface area contributed by atoms with Crippen molar-refractivity contribution in [3.63, 3.8) is 0 Å². The van der Waals surface area contributed by atoms with E-state index in [1.165, 1.54) is 6.42 Å². The quantitative estimate of drug-likeness (QED) is 0.875. The number of likely N-dealkylation sites (tertiary alicyclic amines) is 1. The van der Waals surface area contributed by atoms with Crippen molar-refractivity contribution in [3.8, 4) is 0 Å². The van der Waals surface area contributed by atoms with Gasteiger partial charge in [-0.25, -0.2) is 4.79 Å². The molecule has 1 aromatic carbocycles. The summed E-state index contributed by atoms with van der Waals surface area (Å²) in [5.41, 5.74) is 1.32. The second kappa shape index (κ2) is 5.99. The van der Waals surface area contributed by atoms with E-state index in [0.29, 0.717) is 30.4 Å². The normalized spacial score (nSPS) is 22.2. The number of oxazole rings is 1. The molecule has 1 aliphatic rings. The molecule has 118 valence electrons. The minimum Gasteiger partial charge on any atom is -0.408 e. The Labute approximate surface area is 129 Å². The predicted molar refractivity (Wildman–Crippen MR) is 84.6 cm³/mol. The topological polar surface area (TPSA) is 55.5 Å². The van der Waals surface area contributed by atoms with Crippen LogP contribution in [0.5, 0.6) is 0 Å². The maximum atomic E-state index is 12.4. The highest BCUT2D eigenvalue weighted by Gasteiger charge is 2.25. The van der Waals surface area contributed by atoms with Crippen molar-refractivity contribution in [1.82, 2.24) is 9.47 Å². The number of carbonyl (C=O) groups is 1. The van der Waals surface area contributed by atoms with E-state index in [1.807, 2.05) is 23.1 Å². The number of hydrogen-bond acceptors (Lipinski definition) is 3. The number of amides is 1. The number of aryl methyl sites for hydroxylation is 1. The van der Waals surface area contributed by atoms with E-state index in [9.17, 15) is 9.59 Å². The van der Waals surface area contributed by atoms with Gasteiger partial charge in [0.1, 0.15) is 0 Å². The minimum absolute atomic E-state index is 0.121. The molecular weight excluding hydrogens is 280 g/mol. The van der Waals surface area contributed by atoms with Gasteiger partial charge in [-0.2, -0.15) is 0 Å². The minimum atomic E-state index is -0.394. The number of para-hydroxylation sites is 2. The average Bonchev–Trinajstić information content (AvgIpc) is 2.79. The van der Waals surface area contributed by atoms with Crippen LogP contribution in [-0.4, -0.2) is 28.5 Å². The van der Waals surface area contributed by atoms with Gasteiger partial charge in [0.2, 0.25) is 5.91 Å². The molecule has 1 amide bonds. The second-order valence-corrected chi connectivity index (χ2v) is 6.48. The van der Waals surface area contributed by atoms with Crippen LogP contribution >= 0.6 is 0 Å². The molecule has 1 fully saturated rings. The summed E-state index contributed by atoms with van der Waals surface area (Å²) in [5.74, 6) is 0.820. The molecule has 1 aromatic heterocycles. The molecule has 5 nitrogen and oxygen atoms in total. The van der Waals surface area contributed by atoms with Gasteiger partial charge in [-0.1, -0.05) is 26.0 Å². The summed E-state index contributed by atoms with van der Waals surface area (Å²) in [6.07, 6.45) is 1.51. The van der Waals surface area contributed by atoms with Crippen LogP contribution in [0.2, 0.25) is 0 Å². The van der Waals surface area contributed by atoms with Crippen LogP contribution in [0.1, 0.15) is 26.7 Å². The third-order valence-electron chi connectivity index (χ3n) is 4.34. The van der Waals surface area contributed by atoms with E-state index < -0.39 is 5.76 Å². The molecule has 2 atom stereocenters. The molecule has 0 aliphatic carbocycles. The first-order valence-electron chi connectivity index (χ1n) is 7.90. The van der Waals surface area contributed by atoms with Crippen LogP contribution in [0.15, 0.2) is 33.5 Å². The van der Waals surface area contributed by atoms with Crippen molar-refractivity contribution in [1.29, 1.82) is 0 Å². The Morgan fingerprint density at radius 2 is 1.91 bits per heavy atom. The van der Waals surface area contributed by atoms with E-state index >= 15 is 0 Å². The van der Waals surface area contributed by atoms with E-state index in [-0.39, 0.29) is 5.91 Å². The Balaban J connectivity index is 1.70. The van der Waals surface area contributed by atoms with Gasteiger partial charge in [0.15, 0.2) is 5.58 Å². The van der Waals surface area contributed by atoms with Crippen LogP contribution < -0.4 is 5.76 Å². The highest BCUT2D eigenvalue weighted by molar-refractivity contribution is 5.77. The van der Waals surface area contributed by atoms with Gasteiger partial charge in [0.05, 0.1) is 5.52 Å². The predicted octanol–water partition coefficient (Wildman–Crippen LogP) is 2.49. The fourth-order valence-corrected chi connectivity index (χ4v) is 3.46. The molecule has 1 aliphatic heterocycles. The zero-order chi connectivity index (χ0) is 15.7. The van der Waals surface area contributed by atoms with Gasteiger partial charge < -0.3 is 9.32 Å². The average molecular weight is 302 g/mol. The molecule has 0 radical (unpaired) electrons. The number of fused-ring (bicyclic) bond motifs is 1. The molecular formula is C17H22N2O3. The lowest BCUT2D eigenvalue weighted by Crippen LogP contribution is -2.43. The number of nitrogens with zero attached hydrogens (tertiary/aromatic N) is 2. The van der Waals surface area contributed by atoms with Crippen LogP contribution in [0, 0.1) is 11.8 Å². The lowest BCUT2D eigenvalue weighted by molar-refractivity contribution is -0.134. The molecule has 5 heteroatoms. The van der Waals surface area contributed by atoms with Gasteiger partial charge in [0, 0.05) is 26.1 Å². The van der Waals surface area contributed by atoms with Gasteiger partial charge >= 0.3 is 5.76 Å². The monoisotopic (exact) mass is 302 g/mol. The first-order chi connectivity index (χ1) is 10.5. The summed E-state index contributed by atoms with van der Waals surface area (Å²) in [5, 5.41) is 0. The number of carbonyl (C=O) groups excluding carboxylic acids is 1. The number of piperidine rings is 1. The van der Waals surface area contributed by atoms with Gasteiger partial charge in [0.25, 0.3) is 0 Å². The highest BCUT2D eigenvalue weighted by atomic mass is 16.4. The Kier molecular flexibility index (Phi) is 4.05. The maximum absolute atomic E-state index is 12.4. The summed E-state index contributed by atoms with van der Waals surface area (Å²) in [7, 11) is 0. The molecule has 22 heavy (non-hydrogen) atoms. The van der Waals surface area contributed by atoms with Crippen molar-refractivity contribution in [2.75, 3.05) is 13.1 Å². The number of rotatable bonds is 3. The van der Waals surface area contributed by atoms with Crippen molar-refractivity contribution in [2.24, 2.45) is 11.8 Å². The standard InChI is InChI=1S/C17H22N2O3/c1-12-9-13(2)11-18(10-12)16(20)7-8-19-14-5-3-4-6-15(14)22-17(19)21/h3-6,12-13H,7-11H2,1-2H3. The first kappa shape index (κ1) is 14.9. The van der Waals surface area contributed by atoms with Crippen molar-refractivity contribution in [3.05, 3.63) is 34.8 Å². The fourth-order valence-electron chi connectivity index (χ4n) is 3.46. The van der Waals surface area contributed by atoms with Crippen molar-refractivity contribution >= 4 is 17.0 Å². The SMILES string of the molecule is CC1CC(C)CN(C(=O)CCn2c(=O)oc3ccccc32)C1. The van der Waals surface area contributed by atoms with Crippen LogP contribution in [-0.2, 0) is 11.3 Å². The maximum Gasteiger partial charge on any atom is 0.419 e. The summed E-state index contributed by atoms with van der Waals surface area (Å²) in [6.45, 7) is 6.39. The Morgan fingerprint density at radius 1 is 1.23 bits per heavy atom. The third kappa shape index (κ3) is 2.93. The second-order valence-electron chi connectivity index (χ2n) is 6.48. The third-order valence-corrected chi connectivity index (χ3v) is 4.34. The lowest BCUT2D eigenvalue weighted by atomic mass is 9.92. The summed E-state index contributed by atoms with van der Waals surface area (Å²) in [6, 6.07) is 7.31. The van der Waals surface area contributed by atoms with Crippen LogP contribution in [0.3, 0.4) is 0 Å². The van der Waals surface area contributed by atoms with Crippen LogP contribution in [0.25, 0.3) is 11.1 Å².